The summed E-state index contributed by atoms with van der Waals surface area (Å²) in [5.41, 5.74) is 27.2. The van der Waals surface area contributed by atoms with Crippen molar-refractivity contribution in [1.29, 1.82) is 0 Å². The molecule has 12 aromatic carbocycles. The van der Waals surface area contributed by atoms with Crippen LogP contribution in [0.4, 0.5) is 51.2 Å². The Hall–Kier alpha value is -10.2. The normalized spacial score (nSPS) is 15.1. The van der Waals surface area contributed by atoms with Crippen molar-refractivity contribution in [1.82, 2.24) is 4.57 Å². The van der Waals surface area contributed by atoms with Gasteiger partial charge in [-0.25, -0.2) is 0 Å². The summed E-state index contributed by atoms with van der Waals surface area (Å²) in [6.45, 7) is 41.0. The number of fused-ring (bicyclic) bond motifs is 9. The molecule has 0 spiro atoms. The molecule has 1 aliphatic carbocycles. The Morgan fingerprint density at radius 1 is 0.304 bits per heavy atom. The summed E-state index contributed by atoms with van der Waals surface area (Å²) in [5, 5.41) is 0.0325. The van der Waals surface area contributed by atoms with Crippen LogP contribution in [0, 0.1) is 0 Å². The maximum Gasteiger partial charge on any atom is 0.0948 e. The van der Waals surface area contributed by atoms with E-state index in [1.165, 1.54) is 50.1 Å². The average Bonchev–Trinajstić information content (AvgIpc) is 0.961. The molecular weight excluding hydrogens is 1230 g/mol. The maximum atomic E-state index is 9.85. The molecule has 0 amide bonds. The minimum atomic E-state index is -0.494. The summed E-state index contributed by atoms with van der Waals surface area (Å²) in [6.07, 6.45) is 0.781. The smallest absolute Gasteiger partial charge is 0.0948 e. The number of aromatic nitrogens is 1. The van der Waals surface area contributed by atoms with E-state index in [1.807, 2.05) is 6.07 Å². The molecule has 0 radical (unpaired) electrons. The Bertz CT molecular complexity index is 5840. The molecule has 16 rings (SSSR count). The first-order valence-electron chi connectivity index (χ1n) is 40.4. The van der Waals surface area contributed by atoms with Gasteiger partial charge in [0.25, 0.3) is 0 Å². The topological polar surface area (TPSA) is 14.7 Å². The maximum absolute atomic E-state index is 9.85. The summed E-state index contributed by atoms with van der Waals surface area (Å²) >= 11 is 0. The predicted octanol–water partition coefficient (Wildman–Crippen LogP) is 27.7. The molecule has 13 aromatic rings. The van der Waals surface area contributed by atoms with Crippen molar-refractivity contribution in [3.63, 3.8) is 0 Å². The minimum Gasteiger partial charge on any atom is -0.309 e. The number of rotatable bonds is 7. The van der Waals surface area contributed by atoms with Crippen LogP contribution in [0.1, 0.15) is 203 Å². The van der Waals surface area contributed by atoms with Gasteiger partial charge in [0, 0.05) is 33.5 Å². The molecule has 0 fully saturated rings. The van der Waals surface area contributed by atoms with Gasteiger partial charge in [-0.3, -0.25) is 0 Å². The zero-order chi connectivity index (χ0) is 78.4. The first-order chi connectivity index (χ1) is 51.7. The number of benzene rings is 12. The summed E-state index contributed by atoms with van der Waals surface area (Å²) in [5.74, 6) is -0.254. The summed E-state index contributed by atoms with van der Waals surface area (Å²) in [6, 6.07) is 71.9. The van der Waals surface area contributed by atoms with E-state index in [2.05, 4.69) is 333 Å². The third-order valence-electron chi connectivity index (χ3n) is 21.8. The van der Waals surface area contributed by atoms with E-state index < -0.39 is 24.2 Å². The Balaban J connectivity index is 1.11. The van der Waals surface area contributed by atoms with Crippen LogP contribution in [-0.2, 0) is 38.9 Å². The van der Waals surface area contributed by atoms with E-state index in [0.29, 0.717) is 5.69 Å². The van der Waals surface area contributed by atoms with Crippen molar-refractivity contribution < 1.29 is 11.0 Å². The van der Waals surface area contributed by atoms with Gasteiger partial charge in [0.05, 0.1) is 73.2 Å². The molecule has 0 N–H and O–H groups in total. The summed E-state index contributed by atoms with van der Waals surface area (Å²) in [4.78, 5) is 7.44. The van der Waals surface area contributed by atoms with E-state index in [0.717, 1.165) is 102 Å². The molecule has 4 heteroatoms. The highest BCUT2D eigenvalue weighted by Crippen LogP contribution is 2.66. The van der Waals surface area contributed by atoms with Crippen LogP contribution in [0.25, 0.3) is 60.9 Å². The van der Waals surface area contributed by atoms with Crippen LogP contribution in [0.5, 0.6) is 0 Å². The lowest BCUT2D eigenvalue weighted by Gasteiger charge is -2.48. The Kier molecular flexibility index (Phi) is 13.4. The number of nitrogens with zero attached hydrogens (tertiary/aromatic N) is 4. The second kappa shape index (κ2) is 23.7. The molecule has 510 valence electrons. The molecule has 3 heterocycles. The van der Waals surface area contributed by atoms with Crippen molar-refractivity contribution in [3.05, 3.63) is 310 Å². The number of hydrogen-bond acceptors (Lipinski definition) is 3. The third kappa shape index (κ3) is 11.4. The van der Waals surface area contributed by atoms with Gasteiger partial charge >= 0.3 is 0 Å². The second-order valence-corrected chi connectivity index (χ2v) is 35.0. The fourth-order valence-corrected chi connectivity index (χ4v) is 15.8. The minimum absolute atomic E-state index is 0.0163. The SMILES string of the molecule is [2H]c1c([2H])c([2H])c2c(c1[2H])c1c([2H])c([2H])c([2H])c([2H])c1n2-c1ccc2c(c1)N(c1ccc(C(C)(C)C)cc1-c1ccc(C(C)(C)C)cc1)c1cc(C3c4ccccc4Cc4ccccc43)cc3c1N2c1ccc(-c2cc(C(C)(C)C)cc(C(C)(C)C)c2)cc1N3c1ccc(C(C)(C)C)cc1-c1ccc(C(C)(C)C)cc1. The number of hydrogen-bond donors (Lipinski definition) is 0. The monoisotopic (exact) mass is 1340 g/mol. The molecule has 0 unspecified atom stereocenters. The van der Waals surface area contributed by atoms with Crippen molar-refractivity contribution in [2.45, 2.75) is 169 Å². The first kappa shape index (κ1) is 57.5. The van der Waals surface area contributed by atoms with Crippen LogP contribution in [0.2, 0.25) is 0 Å². The van der Waals surface area contributed by atoms with Crippen LogP contribution in [0.3, 0.4) is 0 Å². The lowest BCUT2D eigenvalue weighted by Crippen LogP contribution is -2.31. The highest BCUT2D eigenvalue weighted by atomic mass is 15.3. The predicted molar refractivity (Wildman–Crippen MR) is 437 cm³/mol. The van der Waals surface area contributed by atoms with Crippen molar-refractivity contribution in [2.75, 3.05) is 14.7 Å². The van der Waals surface area contributed by atoms with Crippen LogP contribution >= 0.6 is 0 Å². The fraction of sp³-hybridized carbons (Fsp3) is 0.265. The summed E-state index contributed by atoms with van der Waals surface area (Å²) in [7, 11) is 0. The average molecular weight is 1340 g/mol. The molecule has 102 heavy (non-hydrogen) atoms. The van der Waals surface area contributed by atoms with Crippen molar-refractivity contribution in [2.24, 2.45) is 0 Å². The highest BCUT2D eigenvalue weighted by molar-refractivity contribution is 6.16. The lowest BCUT2D eigenvalue weighted by atomic mass is 9.74. The zero-order valence-electron chi connectivity index (χ0n) is 70.6. The van der Waals surface area contributed by atoms with Crippen LogP contribution < -0.4 is 14.7 Å². The molecule has 0 bridgehead atoms. The molecular formula is C98H98N4. The molecule has 0 saturated heterocycles. The van der Waals surface area contributed by atoms with Gasteiger partial charge in [0.2, 0.25) is 0 Å². The van der Waals surface area contributed by atoms with Gasteiger partial charge in [0.15, 0.2) is 0 Å². The van der Waals surface area contributed by atoms with E-state index in [-0.39, 0.29) is 84.4 Å². The van der Waals surface area contributed by atoms with E-state index in [9.17, 15) is 8.22 Å². The molecule has 0 saturated carbocycles. The van der Waals surface area contributed by atoms with Gasteiger partial charge in [0.1, 0.15) is 0 Å². The van der Waals surface area contributed by atoms with Gasteiger partial charge < -0.3 is 19.3 Å². The molecule has 1 aromatic heterocycles. The second-order valence-electron chi connectivity index (χ2n) is 35.0. The molecule has 4 nitrogen and oxygen atoms in total. The number of para-hydroxylation sites is 2. The standard InChI is InChI=1S/C98H98N4/c1-93(2,3)68-40-35-61(36-41-68)79-58-70(95(7,8)9)44-48-83(79)100-87-54-63(66-52-72(97(13,14)15)57-73(53-66)98(16,17)18)39-47-85(87)102-86-50-46-74(99-81-33-25-23-31-77(81)78-32-24-26-34-82(78)99)60-88(86)101(84-49-45-71(96(10,11)12)59-80(84)62-37-42-69(43-38-62)94(4,5)6)90-56-67(55-89(100)92(90)102)91-75-29-21-19-27-64(75)51-65-28-20-22-30-76(65)91/h19-50,52-60,91H,51H2,1-18H3/i23D,24D,25D,26D,31D,32D,33D,34D. The fourth-order valence-electron chi connectivity index (χ4n) is 15.8. The molecule has 3 aliphatic rings. The zero-order valence-corrected chi connectivity index (χ0v) is 62.6. The van der Waals surface area contributed by atoms with E-state index >= 15 is 0 Å². The van der Waals surface area contributed by atoms with E-state index in [1.54, 1.807) is 4.57 Å². The van der Waals surface area contributed by atoms with E-state index in [4.69, 9.17) is 2.74 Å². The highest BCUT2D eigenvalue weighted by Gasteiger charge is 2.43. The van der Waals surface area contributed by atoms with Crippen LogP contribution in [-0.4, -0.2) is 4.57 Å². The Morgan fingerprint density at radius 3 is 1.15 bits per heavy atom. The van der Waals surface area contributed by atoms with Crippen molar-refractivity contribution >= 4 is 73.0 Å². The van der Waals surface area contributed by atoms with Crippen LogP contribution in [0.15, 0.2) is 249 Å². The Morgan fingerprint density at radius 2 is 0.696 bits per heavy atom. The van der Waals surface area contributed by atoms with Gasteiger partial charge in [-0.1, -0.05) is 294 Å². The van der Waals surface area contributed by atoms with Gasteiger partial charge in [-0.2, -0.15) is 0 Å². The molecule has 0 atom stereocenters. The summed E-state index contributed by atoms with van der Waals surface area (Å²) < 4.78 is 77.3. The largest absolute Gasteiger partial charge is 0.309 e. The Labute approximate surface area is 618 Å². The third-order valence-corrected chi connectivity index (χ3v) is 21.8. The number of anilines is 9. The molecule has 2 aliphatic heterocycles. The van der Waals surface area contributed by atoms with Gasteiger partial charge in [-0.05, 0) is 201 Å². The first-order valence-corrected chi connectivity index (χ1v) is 36.4. The van der Waals surface area contributed by atoms with Crippen molar-refractivity contribution in [3.8, 4) is 39.1 Å². The lowest BCUT2D eigenvalue weighted by molar-refractivity contribution is 0.569. The quantitative estimate of drug-likeness (QED) is 0.158. The van der Waals surface area contributed by atoms with Gasteiger partial charge in [-0.15, -0.1) is 0 Å².